The van der Waals surface area contributed by atoms with Crippen molar-refractivity contribution >= 4 is 18.5 Å². The van der Waals surface area contributed by atoms with Crippen molar-refractivity contribution in [2.75, 3.05) is 13.2 Å². The van der Waals surface area contributed by atoms with Gasteiger partial charge in [-0.2, -0.15) is 0 Å². The topological polar surface area (TPSA) is 47.6 Å². The number of amides is 1. The monoisotopic (exact) mass is 243 g/mol. The molecule has 2 rings (SSSR count). The maximum Gasteiger partial charge on any atom is 0.407 e. The van der Waals surface area contributed by atoms with Crippen LogP contribution in [0.15, 0.2) is 24.3 Å². The van der Waals surface area contributed by atoms with Gasteiger partial charge in [0.25, 0.3) is 0 Å². The van der Waals surface area contributed by atoms with Gasteiger partial charge >= 0.3 is 6.09 Å². The molecule has 1 N–H and O–H groups in total. The van der Waals surface area contributed by atoms with Crippen molar-refractivity contribution in [2.45, 2.75) is 13.0 Å². The summed E-state index contributed by atoms with van der Waals surface area (Å²) >= 11 is 0. The number of alkyl carbamates (subject to hydrolysis) is 1. The Morgan fingerprint density at radius 2 is 2.25 bits per heavy atom. The number of para-hydroxylation sites is 1. The number of carbonyl (C=O) groups is 1. The number of rotatable bonds is 3. The molecule has 5 heteroatoms. The minimum atomic E-state index is -0.369. The number of halogens is 1. The average molecular weight is 244 g/mol. The zero-order valence-corrected chi connectivity index (χ0v) is 9.75. The molecule has 1 amide bonds. The van der Waals surface area contributed by atoms with Crippen molar-refractivity contribution in [3.63, 3.8) is 0 Å². The molecule has 1 saturated heterocycles. The number of nitrogens with one attached hydrogen (secondary N) is 1. The van der Waals surface area contributed by atoms with Crippen molar-refractivity contribution in [3.05, 3.63) is 29.8 Å². The first-order valence-electron chi connectivity index (χ1n) is 4.96. The molecule has 0 unspecified atom stereocenters. The average Bonchev–Trinajstić information content (AvgIpc) is 2.66. The van der Waals surface area contributed by atoms with Crippen LogP contribution in [0.5, 0.6) is 5.75 Å². The van der Waals surface area contributed by atoms with Crippen LogP contribution in [0.2, 0.25) is 0 Å². The lowest BCUT2D eigenvalue weighted by Gasteiger charge is -2.13. The Labute approximate surface area is 100 Å². The third-order valence-corrected chi connectivity index (χ3v) is 2.27. The van der Waals surface area contributed by atoms with Gasteiger partial charge < -0.3 is 14.8 Å². The Hall–Kier alpha value is -1.42. The molecule has 1 atom stereocenters. The lowest BCUT2D eigenvalue weighted by atomic mass is 10.1. The van der Waals surface area contributed by atoms with E-state index in [4.69, 9.17) is 9.47 Å². The third-order valence-electron chi connectivity index (χ3n) is 2.27. The van der Waals surface area contributed by atoms with Crippen LogP contribution in [0, 0.1) is 0 Å². The van der Waals surface area contributed by atoms with Gasteiger partial charge in [0.1, 0.15) is 12.4 Å². The molecule has 0 spiro atoms. The minimum absolute atomic E-state index is 0. The van der Waals surface area contributed by atoms with Gasteiger partial charge in [-0.25, -0.2) is 4.79 Å². The van der Waals surface area contributed by atoms with Crippen molar-refractivity contribution < 1.29 is 14.3 Å². The fourth-order valence-electron chi connectivity index (χ4n) is 1.61. The van der Waals surface area contributed by atoms with Gasteiger partial charge in [-0.3, -0.25) is 0 Å². The normalized spacial score (nSPS) is 18.3. The van der Waals surface area contributed by atoms with Gasteiger partial charge in [0.15, 0.2) is 0 Å². The second-order valence-corrected chi connectivity index (χ2v) is 3.27. The molecule has 0 aromatic heterocycles. The lowest BCUT2D eigenvalue weighted by molar-refractivity contribution is 0.176. The molecular formula is C11H14ClNO3. The van der Waals surface area contributed by atoms with Crippen molar-refractivity contribution in [1.29, 1.82) is 0 Å². The van der Waals surface area contributed by atoms with Gasteiger partial charge in [-0.05, 0) is 13.0 Å². The highest BCUT2D eigenvalue weighted by molar-refractivity contribution is 5.85. The van der Waals surface area contributed by atoms with Crippen LogP contribution < -0.4 is 10.1 Å². The predicted octanol–water partition coefficient (Wildman–Crippen LogP) is 2.29. The van der Waals surface area contributed by atoms with E-state index in [2.05, 4.69) is 5.32 Å². The summed E-state index contributed by atoms with van der Waals surface area (Å²) in [5, 5.41) is 2.73. The fraction of sp³-hybridized carbons (Fsp3) is 0.364. The fourth-order valence-corrected chi connectivity index (χ4v) is 1.61. The van der Waals surface area contributed by atoms with E-state index in [1.54, 1.807) is 0 Å². The summed E-state index contributed by atoms with van der Waals surface area (Å²) in [4.78, 5) is 10.9. The molecule has 1 heterocycles. The Balaban J connectivity index is 0.00000128. The van der Waals surface area contributed by atoms with Crippen LogP contribution in [0.3, 0.4) is 0 Å². The van der Waals surface area contributed by atoms with Gasteiger partial charge in [-0.1, -0.05) is 18.2 Å². The molecule has 16 heavy (non-hydrogen) atoms. The third kappa shape index (κ3) is 2.58. The molecule has 4 nitrogen and oxygen atoms in total. The number of hydrogen-bond acceptors (Lipinski definition) is 3. The minimum Gasteiger partial charge on any atom is -0.494 e. The van der Waals surface area contributed by atoms with Gasteiger partial charge in [0.2, 0.25) is 0 Å². The van der Waals surface area contributed by atoms with E-state index >= 15 is 0 Å². The summed E-state index contributed by atoms with van der Waals surface area (Å²) in [5.41, 5.74) is 0.963. The lowest BCUT2D eigenvalue weighted by Crippen LogP contribution is -2.19. The number of benzene rings is 1. The summed E-state index contributed by atoms with van der Waals surface area (Å²) in [5.74, 6) is 0.802. The Bertz CT molecular complexity index is 370. The van der Waals surface area contributed by atoms with E-state index in [1.165, 1.54) is 0 Å². The molecule has 88 valence electrons. The zero-order valence-electron chi connectivity index (χ0n) is 8.93. The molecule has 1 aromatic carbocycles. The van der Waals surface area contributed by atoms with Crippen LogP contribution in [-0.4, -0.2) is 19.3 Å². The smallest absolute Gasteiger partial charge is 0.407 e. The Kier molecular flexibility index (Phi) is 4.43. The largest absolute Gasteiger partial charge is 0.494 e. The van der Waals surface area contributed by atoms with E-state index in [9.17, 15) is 4.79 Å². The summed E-state index contributed by atoms with van der Waals surface area (Å²) in [6.07, 6.45) is -0.369. The van der Waals surface area contributed by atoms with Crippen LogP contribution >= 0.6 is 12.4 Å². The highest BCUT2D eigenvalue weighted by Crippen LogP contribution is 2.27. The number of ether oxygens (including phenoxy) is 2. The van der Waals surface area contributed by atoms with Crippen LogP contribution in [0.1, 0.15) is 18.5 Å². The maximum absolute atomic E-state index is 10.9. The van der Waals surface area contributed by atoms with Crippen LogP contribution in [0.25, 0.3) is 0 Å². The van der Waals surface area contributed by atoms with Crippen molar-refractivity contribution in [3.8, 4) is 5.75 Å². The maximum atomic E-state index is 10.9. The molecule has 0 radical (unpaired) electrons. The first kappa shape index (κ1) is 12.6. The molecule has 1 fully saturated rings. The molecule has 1 aliphatic rings. The molecule has 1 aromatic rings. The van der Waals surface area contributed by atoms with Gasteiger partial charge in [0.05, 0.1) is 12.6 Å². The highest BCUT2D eigenvalue weighted by Gasteiger charge is 2.25. The summed E-state index contributed by atoms with van der Waals surface area (Å²) in [6.45, 7) is 2.90. The molecule has 1 aliphatic heterocycles. The standard InChI is InChI=1S/C11H13NO3.ClH/c1-2-14-10-6-4-3-5-8(10)9-7-15-11(13)12-9;/h3-6,9H,2,7H2,1H3,(H,12,13);1H/t9-;/m0./s1. The van der Waals surface area contributed by atoms with Crippen LogP contribution in [-0.2, 0) is 4.74 Å². The quantitative estimate of drug-likeness (QED) is 0.886. The van der Waals surface area contributed by atoms with E-state index in [1.807, 2.05) is 31.2 Å². The summed E-state index contributed by atoms with van der Waals surface area (Å²) in [6, 6.07) is 7.56. The summed E-state index contributed by atoms with van der Waals surface area (Å²) in [7, 11) is 0. The van der Waals surface area contributed by atoms with Crippen LogP contribution in [0.4, 0.5) is 4.79 Å². The number of hydrogen-bond donors (Lipinski definition) is 1. The second kappa shape index (κ2) is 5.61. The van der Waals surface area contributed by atoms with Crippen molar-refractivity contribution in [1.82, 2.24) is 5.32 Å². The Morgan fingerprint density at radius 3 is 2.88 bits per heavy atom. The SMILES string of the molecule is CCOc1ccccc1[C@@H]1COC(=O)N1.Cl. The molecule has 0 bridgehead atoms. The first-order valence-corrected chi connectivity index (χ1v) is 4.96. The van der Waals surface area contributed by atoms with E-state index < -0.39 is 0 Å². The molecule has 0 saturated carbocycles. The molecule has 0 aliphatic carbocycles. The molecular weight excluding hydrogens is 230 g/mol. The number of carbonyl (C=O) groups excluding carboxylic acids is 1. The zero-order chi connectivity index (χ0) is 10.7. The highest BCUT2D eigenvalue weighted by atomic mass is 35.5. The van der Waals surface area contributed by atoms with Crippen molar-refractivity contribution in [2.24, 2.45) is 0 Å². The number of cyclic esters (lactones) is 1. The predicted molar refractivity (Wildman–Crippen MR) is 62.1 cm³/mol. The van der Waals surface area contributed by atoms with Gasteiger partial charge in [-0.15, -0.1) is 12.4 Å². The van der Waals surface area contributed by atoms with E-state index in [0.717, 1.165) is 11.3 Å². The second-order valence-electron chi connectivity index (χ2n) is 3.27. The van der Waals surface area contributed by atoms with Gasteiger partial charge in [0, 0.05) is 5.56 Å². The van der Waals surface area contributed by atoms with E-state index in [-0.39, 0.29) is 24.5 Å². The van der Waals surface area contributed by atoms with E-state index in [0.29, 0.717) is 13.2 Å². The first-order chi connectivity index (χ1) is 7.31. The Morgan fingerprint density at radius 1 is 1.50 bits per heavy atom. The summed E-state index contributed by atoms with van der Waals surface area (Å²) < 4.78 is 10.3.